The molecule has 0 amide bonds. The minimum atomic E-state index is -0.896. The van der Waals surface area contributed by atoms with Gasteiger partial charge in [0.1, 0.15) is 0 Å². The molecular weight excluding hydrogens is 228 g/mol. The van der Waals surface area contributed by atoms with Crippen LogP contribution < -0.4 is 0 Å². The molecule has 0 aliphatic heterocycles. The summed E-state index contributed by atoms with van der Waals surface area (Å²) in [7, 11) is 0. The highest BCUT2D eigenvalue weighted by Crippen LogP contribution is 2.18. The average molecular weight is 250 g/mol. The molecule has 1 atom stereocenters. The maximum Gasteiger partial charge on any atom is 0.333 e. The van der Waals surface area contributed by atoms with Crippen LogP contribution in [0.1, 0.15) is 32.8 Å². The number of ether oxygens (including phenoxy) is 1. The molecule has 0 fully saturated rings. The van der Waals surface area contributed by atoms with Gasteiger partial charge in [-0.3, -0.25) is 0 Å². The summed E-state index contributed by atoms with van der Waals surface area (Å²) >= 11 is 0. The standard InChI is InChI=1S/C15H22O3/c1-15(2,3)9-10-18-13(14(16)17)11-12-7-5-4-6-8-12/h4-8,13H,9-11H2,1-3H3,(H,16,17)/t13-/m0/s1. The molecule has 1 aromatic rings. The number of aliphatic carboxylic acids is 1. The van der Waals surface area contributed by atoms with Crippen molar-refractivity contribution >= 4 is 5.97 Å². The first-order valence-corrected chi connectivity index (χ1v) is 6.27. The van der Waals surface area contributed by atoms with Crippen molar-refractivity contribution in [2.75, 3.05) is 6.61 Å². The highest BCUT2D eigenvalue weighted by Gasteiger charge is 2.19. The van der Waals surface area contributed by atoms with Crippen molar-refractivity contribution < 1.29 is 14.6 Å². The van der Waals surface area contributed by atoms with E-state index in [1.54, 1.807) is 0 Å². The summed E-state index contributed by atoms with van der Waals surface area (Å²) in [6, 6.07) is 9.57. The normalized spacial score (nSPS) is 13.3. The van der Waals surface area contributed by atoms with Gasteiger partial charge in [0.05, 0.1) is 0 Å². The molecule has 3 nitrogen and oxygen atoms in total. The zero-order valence-corrected chi connectivity index (χ0v) is 11.3. The zero-order chi connectivity index (χ0) is 13.6. The van der Waals surface area contributed by atoms with Gasteiger partial charge in [0.2, 0.25) is 0 Å². The van der Waals surface area contributed by atoms with E-state index in [9.17, 15) is 4.79 Å². The molecule has 3 heteroatoms. The van der Waals surface area contributed by atoms with Crippen molar-refractivity contribution in [1.82, 2.24) is 0 Å². The van der Waals surface area contributed by atoms with Crippen molar-refractivity contribution in [1.29, 1.82) is 0 Å². The van der Waals surface area contributed by atoms with Gasteiger partial charge in [-0.05, 0) is 17.4 Å². The minimum Gasteiger partial charge on any atom is -0.479 e. The highest BCUT2D eigenvalue weighted by molar-refractivity contribution is 5.72. The van der Waals surface area contributed by atoms with Crippen LogP contribution in [0.3, 0.4) is 0 Å². The van der Waals surface area contributed by atoms with E-state index < -0.39 is 12.1 Å². The number of hydrogen-bond acceptors (Lipinski definition) is 2. The molecule has 0 bridgehead atoms. The maximum atomic E-state index is 11.1. The molecule has 0 aliphatic carbocycles. The molecule has 1 aromatic carbocycles. The Morgan fingerprint density at radius 3 is 2.39 bits per heavy atom. The molecule has 0 spiro atoms. The molecule has 18 heavy (non-hydrogen) atoms. The van der Waals surface area contributed by atoms with Crippen LogP contribution in [0.2, 0.25) is 0 Å². The third kappa shape index (κ3) is 5.82. The van der Waals surface area contributed by atoms with Gasteiger partial charge >= 0.3 is 5.97 Å². The van der Waals surface area contributed by atoms with Gasteiger partial charge in [-0.2, -0.15) is 0 Å². The molecule has 1 N–H and O–H groups in total. The summed E-state index contributed by atoms with van der Waals surface area (Å²) in [4.78, 5) is 11.1. The molecule has 0 saturated heterocycles. The first-order chi connectivity index (χ1) is 8.38. The van der Waals surface area contributed by atoms with Crippen LogP contribution in [0.5, 0.6) is 0 Å². The Labute approximate surface area is 109 Å². The van der Waals surface area contributed by atoms with Crippen molar-refractivity contribution in [2.24, 2.45) is 5.41 Å². The summed E-state index contributed by atoms with van der Waals surface area (Å²) in [5.74, 6) is -0.896. The van der Waals surface area contributed by atoms with Crippen LogP contribution in [0.15, 0.2) is 30.3 Å². The summed E-state index contributed by atoms with van der Waals surface area (Å²) < 4.78 is 5.48. The Bertz CT molecular complexity index is 365. The van der Waals surface area contributed by atoms with Gasteiger partial charge in [-0.25, -0.2) is 4.79 Å². The van der Waals surface area contributed by atoms with Crippen LogP contribution in [-0.4, -0.2) is 23.8 Å². The molecule has 0 heterocycles. The summed E-state index contributed by atoms with van der Waals surface area (Å²) in [6.45, 7) is 6.82. The molecule has 100 valence electrons. The predicted octanol–water partition coefficient (Wildman–Crippen LogP) is 3.14. The van der Waals surface area contributed by atoms with Crippen molar-refractivity contribution in [2.45, 2.75) is 39.7 Å². The van der Waals surface area contributed by atoms with Gasteiger partial charge in [0.25, 0.3) is 0 Å². The van der Waals surface area contributed by atoms with Gasteiger partial charge in [-0.1, -0.05) is 51.1 Å². The second kappa shape index (κ2) is 6.55. The molecular formula is C15H22O3. The van der Waals surface area contributed by atoms with Gasteiger partial charge in [-0.15, -0.1) is 0 Å². The maximum absolute atomic E-state index is 11.1. The van der Waals surface area contributed by atoms with E-state index in [1.165, 1.54) is 0 Å². The van der Waals surface area contributed by atoms with Crippen molar-refractivity contribution in [3.05, 3.63) is 35.9 Å². The lowest BCUT2D eigenvalue weighted by Gasteiger charge is -2.20. The monoisotopic (exact) mass is 250 g/mol. The summed E-state index contributed by atoms with van der Waals surface area (Å²) in [6.07, 6.45) is 0.515. The lowest BCUT2D eigenvalue weighted by atomic mass is 9.93. The van der Waals surface area contributed by atoms with E-state index in [4.69, 9.17) is 9.84 Å². The highest BCUT2D eigenvalue weighted by atomic mass is 16.5. The second-order valence-corrected chi connectivity index (χ2v) is 5.70. The fourth-order valence-electron chi connectivity index (χ4n) is 1.55. The first-order valence-electron chi connectivity index (χ1n) is 6.27. The predicted molar refractivity (Wildman–Crippen MR) is 71.6 cm³/mol. The molecule has 0 radical (unpaired) electrons. The Kier molecular flexibility index (Phi) is 5.35. The number of carboxylic acid groups (broad SMARTS) is 1. The Balaban J connectivity index is 2.49. The first kappa shape index (κ1) is 14.7. The van der Waals surface area contributed by atoms with Crippen LogP contribution in [0.25, 0.3) is 0 Å². The SMILES string of the molecule is CC(C)(C)CCO[C@@H](Cc1ccccc1)C(=O)O. The van der Waals surface area contributed by atoms with E-state index >= 15 is 0 Å². The van der Waals surface area contributed by atoms with E-state index in [0.29, 0.717) is 13.0 Å². The fourth-order valence-corrected chi connectivity index (χ4v) is 1.55. The second-order valence-electron chi connectivity index (χ2n) is 5.70. The van der Waals surface area contributed by atoms with E-state index in [2.05, 4.69) is 20.8 Å². The quantitative estimate of drug-likeness (QED) is 0.843. The van der Waals surface area contributed by atoms with Crippen molar-refractivity contribution in [3.8, 4) is 0 Å². The average Bonchev–Trinajstić information content (AvgIpc) is 2.27. The van der Waals surface area contributed by atoms with Gasteiger partial charge in [0.15, 0.2) is 6.10 Å². The number of rotatable bonds is 6. The number of benzene rings is 1. The molecule has 0 unspecified atom stereocenters. The third-order valence-electron chi connectivity index (χ3n) is 2.71. The molecule has 0 saturated carbocycles. The Morgan fingerprint density at radius 1 is 1.28 bits per heavy atom. The number of carbonyl (C=O) groups is 1. The number of hydrogen-bond donors (Lipinski definition) is 1. The lowest BCUT2D eigenvalue weighted by Crippen LogP contribution is -2.27. The van der Waals surface area contributed by atoms with Gasteiger partial charge in [0, 0.05) is 13.0 Å². The van der Waals surface area contributed by atoms with Crippen LogP contribution in [0, 0.1) is 5.41 Å². The fraction of sp³-hybridized carbons (Fsp3) is 0.533. The summed E-state index contributed by atoms with van der Waals surface area (Å²) in [5, 5.41) is 9.14. The van der Waals surface area contributed by atoms with Crippen molar-refractivity contribution in [3.63, 3.8) is 0 Å². The smallest absolute Gasteiger partial charge is 0.333 e. The zero-order valence-electron chi connectivity index (χ0n) is 11.3. The largest absolute Gasteiger partial charge is 0.479 e. The minimum absolute atomic E-state index is 0.163. The number of carboxylic acids is 1. The molecule has 1 rings (SSSR count). The van der Waals surface area contributed by atoms with Crippen LogP contribution in [-0.2, 0) is 16.0 Å². The molecule has 0 aromatic heterocycles. The lowest BCUT2D eigenvalue weighted by molar-refractivity contribution is -0.150. The topological polar surface area (TPSA) is 46.5 Å². The van der Waals surface area contributed by atoms with Crippen LogP contribution in [0.4, 0.5) is 0 Å². The Morgan fingerprint density at radius 2 is 1.89 bits per heavy atom. The Hall–Kier alpha value is -1.35. The van der Waals surface area contributed by atoms with Crippen LogP contribution >= 0.6 is 0 Å². The van der Waals surface area contributed by atoms with E-state index in [0.717, 1.165) is 12.0 Å². The third-order valence-corrected chi connectivity index (χ3v) is 2.71. The van der Waals surface area contributed by atoms with Gasteiger partial charge < -0.3 is 9.84 Å². The van der Waals surface area contributed by atoms with E-state index in [1.807, 2.05) is 30.3 Å². The van der Waals surface area contributed by atoms with E-state index in [-0.39, 0.29) is 5.41 Å². The summed E-state index contributed by atoms with van der Waals surface area (Å²) in [5.41, 5.74) is 1.15. The molecule has 0 aliphatic rings.